The Kier molecular flexibility index (Phi) is 7.95. The van der Waals surface area contributed by atoms with Gasteiger partial charge in [-0.15, -0.1) is 0 Å². The number of halogens is 1. The van der Waals surface area contributed by atoms with Gasteiger partial charge in [-0.25, -0.2) is 4.98 Å². The molecule has 8 heteroatoms. The molecule has 0 saturated carbocycles. The molecule has 0 atom stereocenters. The van der Waals surface area contributed by atoms with Crippen LogP contribution in [0.1, 0.15) is 11.1 Å². The van der Waals surface area contributed by atoms with Gasteiger partial charge in [-0.3, -0.25) is 19.4 Å². The van der Waals surface area contributed by atoms with Gasteiger partial charge in [0.1, 0.15) is 5.82 Å². The monoisotopic (exact) mass is 473 g/mol. The number of aromatic nitrogens is 1. The molecule has 7 nitrogen and oxygen atoms in total. The Labute approximate surface area is 186 Å². The van der Waals surface area contributed by atoms with E-state index in [9.17, 15) is 9.59 Å². The molecular weight excluding hydrogens is 446 g/mol. The lowest BCUT2D eigenvalue weighted by molar-refractivity contribution is -0.134. The molecule has 1 aliphatic rings. The van der Waals surface area contributed by atoms with Gasteiger partial charge in [-0.2, -0.15) is 0 Å². The van der Waals surface area contributed by atoms with E-state index in [-0.39, 0.29) is 24.9 Å². The van der Waals surface area contributed by atoms with Crippen LogP contribution in [0.15, 0.2) is 47.1 Å². The first-order chi connectivity index (χ1) is 14.4. The van der Waals surface area contributed by atoms with Crippen molar-refractivity contribution in [3.8, 4) is 0 Å². The first kappa shape index (κ1) is 22.4. The van der Waals surface area contributed by atoms with Crippen LogP contribution >= 0.6 is 15.9 Å². The number of likely N-dealkylation sites (N-methyl/N-ethyl adjacent to an activating group) is 1. The Bertz CT molecular complexity index is 866. The van der Waals surface area contributed by atoms with E-state index >= 15 is 0 Å². The zero-order valence-electron chi connectivity index (χ0n) is 17.5. The summed E-state index contributed by atoms with van der Waals surface area (Å²) in [6.07, 6.45) is 1.63. The lowest BCUT2D eigenvalue weighted by Crippen LogP contribution is -2.51. The van der Waals surface area contributed by atoms with E-state index in [1.807, 2.05) is 11.0 Å². The summed E-state index contributed by atoms with van der Waals surface area (Å²) < 4.78 is 0.849. The number of carbonyl (C=O) groups is 2. The molecule has 2 aromatic rings. The van der Waals surface area contributed by atoms with E-state index in [0.717, 1.165) is 24.1 Å². The quantitative estimate of drug-likeness (QED) is 0.668. The van der Waals surface area contributed by atoms with Crippen molar-refractivity contribution in [1.29, 1.82) is 0 Å². The molecule has 2 amide bonds. The van der Waals surface area contributed by atoms with Crippen molar-refractivity contribution in [1.82, 2.24) is 19.7 Å². The van der Waals surface area contributed by atoms with Crippen LogP contribution in [0, 0.1) is 6.92 Å². The van der Waals surface area contributed by atoms with Crippen LogP contribution < -0.4 is 5.32 Å². The molecule has 160 valence electrons. The van der Waals surface area contributed by atoms with Gasteiger partial charge in [0, 0.05) is 43.4 Å². The van der Waals surface area contributed by atoms with E-state index in [2.05, 4.69) is 62.3 Å². The molecule has 1 aliphatic heterocycles. The molecule has 1 saturated heterocycles. The van der Waals surface area contributed by atoms with Crippen LogP contribution in [0.25, 0.3) is 0 Å². The summed E-state index contributed by atoms with van der Waals surface area (Å²) >= 11 is 3.31. The van der Waals surface area contributed by atoms with Gasteiger partial charge in [0.2, 0.25) is 11.8 Å². The van der Waals surface area contributed by atoms with Gasteiger partial charge >= 0.3 is 0 Å². The molecule has 3 rings (SSSR count). The van der Waals surface area contributed by atoms with Gasteiger partial charge in [-0.1, -0.05) is 24.3 Å². The number of rotatable bonds is 7. The van der Waals surface area contributed by atoms with Gasteiger partial charge < -0.3 is 10.2 Å². The molecule has 1 aromatic heterocycles. The number of piperazine rings is 1. The van der Waals surface area contributed by atoms with Crippen LogP contribution in [0.5, 0.6) is 0 Å². The van der Waals surface area contributed by atoms with E-state index in [0.29, 0.717) is 18.9 Å². The number of aryl methyl sites for hydroxylation is 1. The van der Waals surface area contributed by atoms with E-state index in [1.165, 1.54) is 11.1 Å². The molecule has 0 spiro atoms. The number of benzene rings is 1. The maximum Gasteiger partial charge on any atom is 0.239 e. The second-order valence-corrected chi connectivity index (χ2v) is 8.58. The minimum Gasteiger partial charge on any atom is -0.339 e. The highest BCUT2D eigenvalue weighted by Gasteiger charge is 2.22. The Morgan fingerprint density at radius 1 is 1.10 bits per heavy atom. The second kappa shape index (κ2) is 10.7. The molecule has 30 heavy (non-hydrogen) atoms. The standard InChI is InChI=1S/C22H28BrN5O2/c1-17-5-3-4-6-18(17)14-27-9-11-28(12-10-27)22(30)16-26(2)15-21(29)25-20-8-7-19(23)13-24-20/h3-8,13H,9-12,14-16H2,1-2H3,(H,24,25,29). The number of nitrogens with one attached hydrogen (secondary N) is 1. The number of hydrogen-bond donors (Lipinski definition) is 1. The fourth-order valence-electron chi connectivity index (χ4n) is 3.45. The van der Waals surface area contributed by atoms with Crippen molar-refractivity contribution in [3.63, 3.8) is 0 Å². The number of pyridine rings is 1. The maximum absolute atomic E-state index is 12.6. The van der Waals surface area contributed by atoms with Gasteiger partial charge in [0.15, 0.2) is 0 Å². The molecule has 2 heterocycles. The van der Waals surface area contributed by atoms with E-state index in [1.54, 1.807) is 24.2 Å². The van der Waals surface area contributed by atoms with Crippen molar-refractivity contribution < 1.29 is 9.59 Å². The van der Waals surface area contributed by atoms with Crippen LogP contribution in [0.3, 0.4) is 0 Å². The molecule has 0 radical (unpaired) electrons. The first-order valence-electron chi connectivity index (χ1n) is 10.1. The highest BCUT2D eigenvalue weighted by atomic mass is 79.9. The lowest BCUT2D eigenvalue weighted by Gasteiger charge is -2.35. The molecule has 0 aliphatic carbocycles. The Hall–Kier alpha value is -2.29. The smallest absolute Gasteiger partial charge is 0.239 e. The van der Waals surface area contributed by atoms with Crippen LogP contribution in [0.4, 0.5) is 5.82 Å². The third-order valence-electron chi connectivity index (χ3n) is 5.19. The van der Waals surface area contributed by atoms with Gasteiger partial charge in [-0.05, 0) is 53.2 Å². The Balaban J connectivity index is 1.40. The van der Waals surface area contributed by atoms with Crippen molar-refractivity contribution in [3.05, 3.63) is 58.2 Å². The van der Waals surface area contributed by atoms with Crippen LogP contribution in [-0.2, 0) is 16.1 Å². The molecule has 1 aromatic carbocycles. The van der Waals surface area contributed by atoms with Crippen molar-refractivity contribution in [2.24, 2.45) is 0 Å². The Morgan fingerprint density at radius 3 is 2.50 bits per heavy atom. The SMILES string of the molecule is Cc1ccccc1CN1CCN(C(=O)CN(C)CC(=O)Nc2ccc(Br)cn2)CC1. The molecular formula is C22H28BrN5O2. The topological polar surface area (TPSA) is 68.8 Å². The van der Waals surface area contributed by atoms with E-state index in [4.69, 9.17) is 0 Å². The average molecular weight is 474 g/mol. The minimum atomic E-state index is -0.192. The second-order valence-electron chi connectivity index (χ2n) is 7.67. The highest BCUT2D eigenvalue weighted by molar-refractivity contribution is 9.10. The first-order valence-corrected chi connectivity index (χ1v) is 10.8. The summed E-state index contributed by atoms with van der Waals surface area (Å²) in [5.41, 5.74) is 2.64. The Morgan fingerprint density at radius 2 is 1.83 bits per heavy atom. The number of anilines is 1. The third-order valence-corrected chi connectivity index (χ3v) is 5.66. The van der Waals surface area contributed by atoms with Gasteiger partial charge in [0.25, 0.3) is 0 Å². The minimum absolute atomic E-state index is 0.0580. The summed E-state index contributed by atoms with van der Waals surface area (Å²) in [6.45, 7) is 6.56. The summed E-state index contributed by atoms with van der Waals surface area (Å²) in [5, 5.41) is 2.74. The lowest BCUT2D eigenvalue weighted by atomic mass is 10.1. The summed E-state index contributed by atoms with van der Waals surface area (Å²) in [5.74, 6) is 0.360. The highest BCUT2D eigenvalue weighted by Crippen LogP contribution is 2.13. The predicted molar refractivity (Wildman–Crippen MR) is 121 cm³/mol. The zero-order chi connectivity index (χ0) is 21.5. The summed E-state index contributed by atoms with van der Waals surface area (Å²) in [6, 6.07) is 12.0. The van der Waals surface area contributed by atoms with Crippen molar-refractivity contribution >= 4 is 33.6 Å². The normalized spacial score (nSPS) is 14.7. The fraction of sp³-hybridized carbons (Fsp3) is 0.409. The fourth-order valence-corrected chi connectivity index (χ4v) is 3.68. The number of amides is 2. The molecule has 1 N–H and O–H groups in total. The van der Waals surface area contributed by atoms with Crippen molar-refractivity contribution in [2.45, 2.75) is 13.5 Å². The third kappa shape index (κ3) is 6.62. The summed E-state index contributed by atoms with van der Waals surface area (Å²) in [7, 11) is 1.78. The zero-order valence-corrected chi connectivity index (χ0v) is 19.1. The average Bonchev–Trinajstić information content (AvgIpc) is 2.72. The number of nitrogens with zero attached hydrogens (tertiary/aromatic N) is 4. The van der Waals surface area contributed by atoms with Crippen molar-refractivity contribution in [2.75, 3.05) is 51.6 Å². The molecule has 0 bridgehead atoms. The maximum atomic E-state index is 12.6. The van der Waals surface area contributed by atoms with Crippen LogP contribution in [0.2, 0.25) is 0 Å². The predicted octanol–water partition coefficient (Wildman–Crippen LogP) is 2.37. The van der Waals surface area contributed by atoms with Crippen LogP contribution in [-0.4, -0.2) is 77.8 Å². The number of carbonyl (C=O) groups excluding carboxylic acids is 2. The molecule has 1 fully saturated rings. The molecule has 0 unspecified atom stereocenters. The number of hydrogen-bond acceptors (Lipinski definition) is 5. The van der Waals surface area contributed by atoms with E-state index < -0.39 is 0 Å². The largest absolute Gasteiger partial charge is 0.339 e. The summed E-state index contributed by atoms with van der Waals surface area (Å²) in [4.78, 5) is 34.9. The van der Waals surface area contributed by atoms with Gasteiger partial charge in [0.05, 0.1) is 13.1 Å².